The zero-order valence-corrected chi connectivity index (χ0v) is 3.11. The van der Waals surface area contributed by atoms with Crippen LogP contribution in [0.25, 0.3) is 0 Å². The van der Waals surface area contributed by atoms with Gasteiger partial charge in [-0.05, 0) is 0 Å². The van der Waals surface area contributed by atoms with Gasteiger partial charge in [-0.2, -0.15) is 0 Å². The molecule has 0 aliphatic heterocycles. The Bertz CT molecular complexity index is 55.3. The predicted molar refractivity (Wildman–Crippen MR) is 12.1 cm³/mol. The Hall–Kier alpha value is 1.62. The molecule has 0 spiro atoms. The zero-order valence-electron chi connectivity index (χ0n) is 1.71. The maximum atomic E-state index is 8.67. The second-order valence-corrected chi connectivity index (χ2v) is 0.981. The van der Waals surface area contributed by atoms with Gasteiger partial charge in [0.2, 0.25) is 0 Å². The minimum atomic E-state index is -3.69. The van der Waals surface area contributed by atoms with Crippen molar-refractivity contribution in [1.82, 2.24) is 0 Å². The summed E-state index contributed by atoms with van der Waals surface area (Å²) in [5, 5.41) is 0. The topological polar surface area (TPSA) is 54.4 Å². The molecule has 0 fully saturated rings. The van der Waals surface area contributed by atoms with Crippen LogP contribution in [0.15, 0.2) is 0 Å². The molecule has 0 aromatic carbocycles. The monoisotopic (exact) mass is 190 g/mol. The molecule has 0 aliphatic carbocycles. The van der Waals surface area contributed by atoms with Crippen molar-refractivity contribution in [2.24, 2.45) is 0 Å². The van der Waals surface area contributed by atoms with Crippen molar-refractivity contribution in [2.75, 3.05) is 0 Å². The van der Waals surface area contributed by atoms with Gasteiger partial charge in [-0.3, -0.25) is 0 Å². The molecule has 0 aromatic rings. The summed E-state index contributed by atoms with van der Waals surface area (Å²) in [6.45, 7) is 0. The van der Waals surface area contributed by atoms with Crippen LogP contribution in [0.1, 0.15) is 0 Å². The van der Waals surface area contributed by atoms with Crippen LogP contribution in [-0.2, 0) is 22.7 Å². The van der Waals surface area contributed by atoms with Crippen molar-refractivity contribution in [2.45, 2.75) is 0 Å². The third-order valence-corrected chi connectivity index (χ3v) is 0. The average Bonchev–Trinajstić information content (AvgIpc) is 0.811. The van der Waals surface area contributed by atoms with E-state index in [4.69, 9.17) is 11.4 Å². The first-order chi connectivity index (χ1) is 1.73. The van der Waals surface area contributed by atoms with Crippen LogP contribution in [0.4, 0.5) is 0 Å². The van der Waals surface area contributed by atoms with E-state index in [0.717, 1.165) is 0 Å². The van der Waals surface area contributed by atoms with Crippen LogP contribution in [0, 0.1) is 0 Å². The van der Waals surface area contributed by atoms with Crippen molar-refractivity contribution in [3.05, 3.63) is 0 Å². The van der Waals surface area contributed by atoms with Crippen LogP contribution in [-0.4, -0.2) is 49.5 Å². The van der Waals surface area contributed by atoms with Gasteiger partial charge in [0.25, 0.3) is 0 Å². The van der Waals surface area contributed by atoms with Crippen molar-refractivity contribution in [3.63, 3.8) is 0 Å². The van der Waals surface area contributed by atoms with Gasteiger partial charge >= 0.3 is 72.3 Å². The summed E-state index contributed by atoms with van der Waals surface area (Å²) in [5.41, 5.74) is 0. The van der Waals surface area contributed by atoms with Gasteiger partial charge in [0.15, 0.2) is 0 Å². The predicted octanol–water partition coefficient (Wildman–Crippen LogP) is -1.71. The van der Waals surface area contributed by atoms with Crippen LogP contribution < -0.4 is 0 Å². The van der Waals surface area contributed by atoms with Crippen molar-refractivity contribution in [3.8, 4) is 0 Å². The summed E-state index contributed by atoms with van der Waals surface area (Å²) < 4.78 is 24.4. The van der Waals surface area contributed by atoms with E-state index in [2.05, 4.69) is 0 Å². The summed E-state index contributed by atoms with van der Waals surface area (Å²) in [6.07, 6.45) is 0. The molecule has 0 aromatic heterocycles. The first-order valence-corrected chi connectivity index (χ1v) is 2.33. The molecule has 0 atom stereocenters. The Kier molecular flexibility index (Phi) is 11.0. The normalized spacial score (nSPS) is 5.00. The van der Waals surface area contributed by atoms with Crippen LogP contribution in [0.2, 0.25) is 0 Å². The van der Waals surface area contributed by atoms with E-state index in [1.54, 1.807) is 0 Å². The van der Waals surface area contributed by atoms with Crippen molar-refractivity contribution < 1.29 is 26.8 Å². The van der Waals surface area contributed by atoms with E-state index in [9.17, 15) is 0 Å². The summed E-state index contributed by atoms with van der Waals surface area (Å²) in [4.78, 5) is 0. The van der Waals surface area contributed by atoms with E-state index >= 15 is 0 Å². The fraction of sp³-hybridized carbons (Fsp3) is 0. The molecule has 0 aliphatic rings. The summed E-state index contributed by atoms with van der Waals surface area (Å²) in [6, 6.07) is 0. The van der Waals surface area contributed by atoms with Crippen LogP contribution in [0.3, 0.4) is 0 Å². The SMILES string of the molecule is [O]=[V](=[O])[OH].[SrH2]. The van der Waals surface area contributed by atoms with Gasteiger partial charge < -0.3 is 0 Å². The third-order valence-electron chi connectivity index (χ3n) is 0. The second kappa shape index (κ2) is 5.62. The fourth-order valence-corrected chi connectivity index (χ4v) is 0. The number of hydrogen-bond acceptors (Lipinski definition) is 2. The van der Waals surface area contributed by atoms with E-state index in [0.29, 0.717) is 0 Å². The van der Waals surface area contributed by atoms with Crippen LogP contribution in [0.5, 0.6) is 0 Å². The fourth-order valence-electron chi connectivity index (χ4n) is 0. The molecule has 0 saturated carbocycles. The average molecular weight is 190 g/mol. The van der Waals surface area contributed by atoms with Gasteiger partial charge in [-0.15, -0.1) is 0 Å². The van der Waals surface area contributed by atoms with E-state index < -0.39 is 15.4 Å². The molecule has 3 nitrogen and oxygen atoms in total. The van der Waals surface area contributed by atoms with Gasteiger partial charge in [0, 0.05) is 0 Å². The first-order valence-electron chi connectivity index (χ1n) is 0.565. The summed E-state index contributed by atoms with van der Waals surface area (Å²) >= 11 is -3.69. The molecule has 0 heterocycles. The molecule has 0 amide bonds. The number of rotatable bonds is 0. The molecule has 0 radical (unpaired) electrons. The molecule has 0 saturated heterocycles. The minimum absolute atomic E-state index is 0. The van der Waals surface area contributed by atoms with Gasteiger partial charge in [0.1, 0.15) is 0 Å². The second-order valence-electron chi connectivity index (χ2n) is 0.238. The third kappa shape index (κ3) is 28.0. The Morgan fingerprint density at radius 3 is 1.40 bits per heavy atom. The molecule has 0 unspecified atom stereocenters. The standard InChI is InChI=1S/H2O.2O.Sr.V.2H/h1H2;;;;;;/q;;;;+1;;/p-1. The van der Waals surface area contributed by atoms with Gasteiger partial charge in [-0.1, -0.05) is 0 Å². The van der Waals surface area contributed by atoms with Crippen molar-refractivity contribution >= 4 is 45.5 Å². The van der Waals surface area contributed by atoms with E-state index in [-0.39, 0.29) is 45.5 Å². The number of hydrogen-bond donors (Lipinski definition) is 1. The van der Waals surface area contributed by atoms with E-state index in [1.165, 1.54) is 0 Å². The Morgan fingerprint density at radius 1 is 1.40 bits per heavy atom. The first kappa shape index (κ1) is 9.80. The summed E-state index contributed by atoms with van der Waals surface area (Å²) in [7, 11) is 0. The van der Waals surface area contributed by atoms with Crippen molar-refractivity contribution in [1.29, 1.82) is 0 Å². The molecule has 0 bridgehead atoms. The quantitative estimate of drug-likeness (QED) is 0.462. The van der Waals surface area contributed by atoms with Crippen LogP contribution >= 0.6 is 0 Å². The van der Waals surface area contributed by atoms with Gasteiger partial charge in [0.05, 0.1) is 0 Å². The molecular weight excluding hydrogens is 187 g/mol. The zero-order chi connectivity index (χ0) is 3.58. The molecule has 1 N–H and O–H groups in total. The molecule has 5 heteroatoms. The molecule has 28 valence electrons. The summed E-state index contributed by atoms with van der Waals surface area (Å²) in [5.74, 6) is 0. The molecule has 0 rings (SSSR count). The van der Waals surface area contributed by atoms with Gasteiger partial charge in [-0.25, -0.2) is 0 Å². The maximum absolute atomic E-state index is 8.67. The Labute approximate surface area is 71.0 Å². The molecular formula is H3O3SrV. The Morgan fingerprint density at radius 2 is 1.40 bits per heavy atom. The Balaban J connectivity index is 0. The molecule has 5 heavy (non-hydrogen) atoms. The van der Waals surface area contributed by atoms with E-state index in [1.807, 2.05) is 0 Å².